The average Bonchev–Trinajstić information content (AvgIpc) is 2.46. The van der Waals surface area contributed by atoms with Gasteiger partial charge in [-0.2, -0.15) is 0 Å². The molecule has 4 unspecified atom stereocenters. The number of benzene rings is 1. The summed E-state index contributed by atoms with van der Waals surface area (Å²) < 4.78 is 0. The molecule has 1 N–H and O–H groups in total. The van der Waals surface area contributed by atoms with E-state index in [1.807, 2.05) is 0 Å². The number of hydrogen-bond acceptors (Lipinski definition) is 4. The summed E-state index contributed by atoms with van der Waals surface area (Å²) in [6.45, 7) is 0.986. The zero-order chi connectivity index (χ0) is 14.6. The van der Waals surface area contributed by atoms with E-state index in [2.05, 4.69) is 41.8 Å². The second-order valence-electron chi connectivity index (χ2n) is 6.69. The highest BCUT2D eigenvalue weighted by molar-refractivity contribution is 7.81. The van der Waals surface area contributed by atoms with Crippen LogP contribution in [0.4, 0.5) is 0 Å². The third-order valence-electron chi connectivity index (χ3n) is 5.53. The van der Waals surface area contributed by atoms with Gasteiger partial charge in [0.1, 0.15) is 10.7 Å². The van der Waals surface area contributed by atoms with Crippen LogP contribution in [0.15, 0.2) is 24.3 Å². The van der Waals surface area contributed by atoms with Gasteiger partial charge in [-0.05, 0) is 30.4 Å². The molecule has 0 radical (unpaired) electrons. The Hall–Kier alpha value is -0.840. The Balaban J connectivity index is 1.77. The van der Waals surface area contributed by atoms with E-state index in [1.54, 1.807) is 0 Å². The molecule has 2 heterocycles. The van der Waals surface area contributed by atoms with Crippen molar-refractivity contribution in [3.8, 4) is 0 Å². The Morgan fingerprint density at radius 1 is 1.29 bits per heavy atom. The lowest BCUT2D eigenvalue weighted by molar-refractivity contribution is -0.145. The largest absolute Gasteiger partial charge is 0.379 e. The maximum absolute atomic E-state index is 12.3. The van der Waals surface area contributed by atoms with Crippen molar-refractivity contribution < 1.29 is 9.90 Å². The van der Waals surface area contributed by atoms with Gasteiger partial charge in [-0.25, -0.2) is 0 Å². The maximum Gasteiger partial charge on any atom is 0.141 e. The maximum atomic E-state index is 12.3. The molecule has 1 saturated heterocycles. The predicted molar refractivity (Wildman–Crippen MR) is 84.3 cm³/mol. The minimum Gasteiger partial charge on any atom is -0.379 e. The van der Waals surface area contributed by atoms with Gasteiger partial charge in [0, 0.05) is 31.5 Å². The third kappa shape index (κ3) is 2.07. The van der Waals surface area contributed by atoms with Crippen LogP contribution in [0.5, 0.6) is 0 Å². The number of carbonyl (C=O) groups excluding carboxylic acids is 1. The zero-order valence-electron chi connectivity index (χ0n) is 12.0. The van der Waals surface area contributed by atoms with E-state index in [4.69, 9.17) is 0 Å². The quantitative estimate of drug-likeness (QED) is 0.571. The lowest BCUT2D eigenvalue weighted by atomic mass is 9.70. The number of aliphatic hydroxyl groups is 1. The number of carbonyl (C=O) groups is 1. The molecule has 1 aliphatic carbocycles. The van der Waals surface area contributed by atoms with Crippen LogP contribution in [-0.2, 0) is 11.2 Å². The fraction of sp³-hybridized carbons (Fsp3) is 0.588. The number of piperidine rings is 1. The van der Waals surface area contributed by atoms with Crippen molar-refractivity contribution in [1.82, 2.24) is 4.90 Å². The van der Waals surface area contributed by atoms with Gasteiger partial charge in [0.15, 0.2) is 0 Å². The van der Waals surface area contributed by atoms with Crippen molar-refractivity contribution in [3.63, 3.8) is 0 Å². The number of nitrogens with zero attached hydrogens (tertiary/aromatic N) is 1. The summed E-state index contributed by atoms with van der Waals surface area (Å²) >= 11 is 4.52. The van der Waals surface area contributed by atoms with Crippen LogP contribution in [-0.4, -0.2) is 33.3 Å². The topological polar surface area (TPSA) is 40.5 Å². The third-order valence-corrected chi connectivity index (χ3v) is 5.99. The van der Waals surface area contributed by atoms with Crippen LogP contribution in [0.3, 0.4) is 0 Å². The van der Waals surface area contributed by atoms with E-state index < -0.39 is 4.93 Å². The molecule has 0 bridgehead atoms. The van der Waals surface area contributed by atoms with E-state index in [1.165, 1.54) is 11.1 Å². The summed E-state index contributed by atoms with van der Waals surface area (Å²) in [7, 11) is 0. The van der Waals surface area contributed by atoms with Gasteiger partial charge in [-0.3, -0.25) is 9.69 Å². The van der Waals surface area contributed by atoms with Gasteiger partial charge >= 0.3 is 0 Å². The number of thiol groups is 1. The molecule has 1 aromatic rings. The second kappa shape index (κ2) is 4.83. The van der Waals surface area contributed by atoms with Crippen molar-refractivity contribution in [2.75, 3.05) is 6.54 Å². The predicted octanol–water partition coefficient (Wildman–Crippen LogP) is 2.35. The van der Waals surface area contributed by atoms with Crippen LogP contribution in [0.1, 0.15) is 42.9 Å². The van der Waals surface area contributed by atoms with Crippen molar-refractivity contribution in [2.45, 2.75) is 49.1 Å². The van der Waals surface area contributed by atoms with Gasteiger partial charge < -0.3 is 5.11 Å². The molecule has 2 aliphatic heterocycles. The highest BCUT2D eigenvalue weighted by atomic mass is 32.1. The Morgan fingerprint density at radius 3 is 2.95 bits per heavy atom. The molecule has 4 rings (SSSR count). The Kier molecular flexibility index (Phi) is 3.18. The Morgan fingerprint density at radius 2 is 2.10 bits per heavy atom. The number of fused-ring (bicyclic) bond motifs is 5. The van der Waals surface area contributed by atoms with Crippen molar-refractivity contribution in [2.24, 2.45) is 5.92 Å². The van der Waals surface area contributed by atoms with Crippen molar-refractivity contribution in [3.05, 3.63) is 35.4 Å². The lowest BCUT2D eigenvalue weighted by Gasteiger charge is -2.55. The SMILES string of the molecule is O=C1CCCC2C1C(O)(S)CC1c3ccccc3CCN12. The number of hydrogen-bond donors (Lipinski definition) is 2. The van der Waals surface area contributed by atoms with E-state index in [9.17, 15) is 9.90 Å². The minimum atomic E-state index is -1.17. The molecule has 3 aliphatic rings. The van der Waals surface area contributed by atoms with Gasteiger partial charge in [0.25, 0.3) is 0 Å². The molecule has 4 atom stereocenters. The molecular formula is C17H21NO2S. The first-order valence-electron chi connectivity index (χ1n) is 7.89. The van der Waals surface area contributed by atoms with Crippen LogP contribution in [0.2, 0.25) is 0 Å². The van der Waals surface area contributed by atoms with Crippen LogP contribution < -0.4 is 0 Å². The van der Waals surface area contributed by atoms with Gasteiger partial charge in [0.05, 0.1) is 5.92 Å². The monoisotopic (exact) mass is 303 g/mol. The van der Waals surface area contributed by atoms with Crippen LogP contribution in [0, 0.1) is 5.92 Å². The fourth-order valence-corrected chi connectivity index (χ4v) is 5.14. The number of Topliss-reactive ketones (excluding diaryl/α,β-unsaturated/α-hetero) is 1. The summed E-state index contributed by atoms with van der Waals surface area (Å²) in [4.78, 5) is 13.6. The van der Waals surface area contributed by atoms with E-state index in [-0.39, 0.29) is 23.8 Å². The summed E-state index contributed by atoms with van der Waals surface area (Å²) in [6.07, 6.45) is 4.11. The van der Waals surface area contributed by atoms with Gasteiger partial charge in [-0.15, -0.1) is 12.6 Å². The van der Waals surface area contributed by atoms with Gasteiger partial charge in [-0.1, -0.05) is 24.3 Å². The first-order valence-corrected chi connectivity index (χ1v) is 8.34. The smallest absolute Gasteiger partial charge is 0.141 e. The number of ketones is 1. The highest BCUT2D eigenvalue weighted by Crippen LogP contribution is 2.50. The summed E-state index contributed by atoms with van der Waals surface area (Å²) in [5.41, 5.74) is 2.69. The Labute approximate surface area is 130 Å². The van der Waals surface area contributed by atoms with E-state index in [0.717, 1.165) is 25.8 Å². The molecule has 1 aromatic carbocycles. The molecule has 112 valence electrons. The number of rotatable bonds is 0. The van der Waals surface area contributed by atoms with E-state index in [0.29, 0.717) is 12.8 Å². The molecule has 0 amide bonds. The summed E-state index contributed by atoms with van der Waals surface area (Å²) in [5.74, 6) is -0.128. The molecule has 0 spiro atoms. The van der Waals surface area contributed by atoms with E-state index >= 15 is 0 Å². The Bertz CT molecular complexity index is 586. The molecule has 1 saturated carbocycles. The summed E-state index contributed by atoms with van der Waals surface area (Å²) in [5, 5.41) is 10.8. The summed E-state index contributed by atoms with van der Waals surface area (Å²) in [6, 6.07) is 8.85. The first-order chi connectivity index (χ1) is 10.1. The average molecular weight is 303 g/mol. The van der Waals surface area contributed by atoms with Crippen LogP contribution in [0.25, 0.3) is 0 Å². The van der Waals surface area contributed by atoms with Gasteiger partial charge in [0.2, 0.25) is 0 Å². The molecule has 2 fully saturated rings. The fourth-order valence-electron chi connectivity index (χ4n) is 4.65. The van der Waals surface area contributed by atoms with Crippen LogP contribution >= 0.6 is 12.6 Å². The second-order valence-corrected chi connectivity index (χ2v) is 7.46. The molecule has 3 nitrogen and oxygen atoms in total. The molecule has 4 heteroatoms. The molecular weight excluding hydrogens is 282 g/mol. The zero-order valence-corrected chi connectivity index (χ0v) is 12.9. The standard InChI is InChI=1S/C17H21NO2S/c19-15-7-3-6-13-16(15)17(20,21)10-14-12-5-2-1-4-11(12)8-9-18(13)14/h1-2,4-5,13-14,16,20-21H,3,6-10H2. The minimum absolute atomic E-state index is 0.154. The van der Waals surface area contributed by atoms with Crippen molar-refractivity contribution >= 4 is 18.4 Å². The highest BCUT2D eigenvalue weighted by Gasteiger charge is 2.54. The lowest BCUT2D eigenvalue weighted by Crippen LogP contribution is -2.61. The first kappa shape index (κ1) is 13.8. The van der Waals surface area contributed by atoms with Crippen molar-refractivity contribution in [1.29, 1.82) is 0 Å². The molecule has 0 aromatic heterocycles. The normalized spacial score (nSPS) is 39.3. The molecule has 21 heavy (non-hydrogen) atoms.